The van der Waals surface area contributed by atoms with Gasteiger partial charge < -0.3 is 10.6 Å². The molecule has 0 saturated heterocycles. The topological polar surface area (TPSA) is 62.7 Å². The highest BCUT2D eigenvalue weighted by Crippen LogP contribution is 2.30. The number of anilines is 3. The second-order valence-electron chi connectivity index (χ2n) is 6.29. The highest BCUT2D eigenvalue weighted by atomic mass is 19.4. The summed E-state index contributed by atoms with van der Waals surface area (Å²) < 4.78 is 52.8. The van der Waals surface area contributed by atoms with Gasteiger partial charge in [0.25, 0.3) is 0 Å². The maximum absolute atomic E-state index is 14.2. The number of halogens is 4. The number of nitrogens with zero attached hydrogens (tertiary/aromatic N) is 3. The summed E-state index contributed by atoms with van der Waals surface area (Å²) in [4.78, 5) is 11.9. The van der Waals surface area contributed by atoms with Crippen LogP contribution in [0.3, 0.4) is 0 Å². The minimum absolute atomic E-state index is 0.0361. The van der Waals surface area contributed by atoms with Crippen LogP contribution in [-0.4, -0.2) is 21.0 Å². The third-order valence-corrected chi connectivity index (χ3v) is 3.60. The number of benzene rings is 1. The number of pyridine rings is 1. The minimum atomic E-state index is -4.56. The highest BCUT2D eigenvalue weighted by Gasteiger charge is 2.32. The SMILES string of the molecule is CC(C)Nc1cc(Nc2ccnc(C(F)(F)F)c2)nc(-c2ccccc2F)n1. The van der Waals surface area contributed by atoms with Crippen molar-refractivity contribution >= 4 is 17.3 Å². The fourth-order valence-electron chi connectivity index (χ4n) is 2.46. The van der Waals surface area contributed by atoms with Gasteiger partial charge in [-0.1, -0.05) is 12.1 Å². The number of rotatable bonds is 5. The Morgan fingerprint density at radius 1 is 0.964 bits per heavy atom. The maximum Gasteiger partial charge on any atom is 0.433 e. The first-order chi connectivity index (χ1) is 13.2. The van der Waals surface area contributed by atoms with Gasteiger partial charge in [0, 0.05) is 24.0 Å². The molecule has 0 fully saturated rings. The molecule has 3 aromatic rings. The zero-order valence-corrected chi connectivity index (χ0v) is 15.0. The summed E-state index contributed by atoms with van der Waals surface area (Å²) in [5, 5.41) is 5.90. The molecule has 2 N–H and O–H groups in total. The van der Waals surface area contributed by atoms with Gasteiger partial charge in [0.2, 0.25) is 0 Å². The van der Waals surface area contributed by atoms with Crippen LogP contribution in [0.25, 0.3) is 11.4 Å². The van der Waals surface area contributed by atoms with Crippen LogP contribution in [0.2, 0.25) is 0 Å². The van der Waals surface area contributed by atoms with E-state index in [4.69, 9.17) is 0 Å². The predicted octanol–water partition coefficient (Wildman–Crippen LogP) is 5.26. The van der Waals surface area contributed by atoms with Crippen molar-refractivity contribution in [3.8, 4) is 11.4 Å². The molecule has 0 bridgehead atoms. The first kappa shape index (κ1) is 19.5. The Bertz CT molecular complexity index is 973. The van der Waals surface area contributed by atoms with Gasteiger partial charge in [0.15, 0.2) is 5.82 Å². The molecule has 9 heteroatoms. The average Bonchev–Trinajstić information content (AvgIpc) is 2.61. The van der Waals surface area contributed by atoms with Gasteiger partial charge in [-0.05, 0) is 38.1 Å². The second kappa shape index (κ2) is 7.79. The largest absolute Gasteiger partial charge is 0.433 e. The molecule has 0 saturated carbocycles. The molecule has 0 aliphatic heterocycles. The van der Waals surface area contributed by atoms with E-state index in [2.05, 4.69) is 25.6 Å². The number of hydrogen-bond acceptors (Lipinski definition) is 5. The van der Waals surface area contributed by atoms with E-state index in [0.29, 0.717) is 5.82 Å². The molecule has 0 radical (unpaired) electrons. The molecule has 0 atom stereocenters. The first-order valence-corrected chi connectivity index (χ1v) is 8.43. The van der Waals surface area contributed by atoms with Gasteiger partial charge in [-0.25, -0.2) is 14.4 Å². The summed E-state index contributed by atoms with van der Waals surface area (Å²) in [6.45, 7) is 3.80. The Hall–Kier alpha value is -3.23. The normalized spacial score (nSPS) is 11.5. The third-order valence-electron chi connectivity index (χ3n) is 3.60. The van der Waals surface area contributed by atoms with Gasteiger partial charge in [-0.2, -0.15) is 13.2 Å². The molecule has 5 nitrogen and oxygen atoms in total. The van der Waals surface area contributed by atoms with Crippen molar-refractivity contribution in [3.63, 3.8) is 0 Å². The van der Waals surface area contributed by atoms with Crippen molar-refractivity contribution < 1.29 is 17.6 Å². The lowest BCUT2D eigenvalue weighted by molar-refractivity contribution is -0.141. The molecule has 0 unspecified atom stereocenters. The summed E-state index contributed by atoms with van der Waals surface area (Å²) in [6.07, 6.45) is -3.51. The van der Waals surface area contributed by atoms with E-state index in [9.17, 15) is 17.6 Å². The summed E-state index contributed by atoms with van der Waals surface area (Å²) in [7, 11) is 0. The predicted molar refractivity (Wildman–Crippen MR) is 98.7 cm³/mol. The van der Waals surface area contributed by atoms with E-state index < -0.39 is 17.7 Å². The van der Waals surface area contributed by atoms with Crippen LogP contribution in [0, 0.1) is 5.82 Å². The van der Waals surface area contributed by atoms with Crippen LogP contribution in [-0.2, 0) is 6.18 Å². The molecule has 2 aromatic heterocycles. The summed E-state index contributed by atoms with van der Waals surface area (Å²) in [6, 6.07) is 9.84. The van der Waals surface area contributed by atoms with E-state index in [-0.39, 0.29) is 28.9 Å². The van der Waals surface area contributed by atoms with E-state index in [1.165, 1.54) is 24.3 Å². The third kappa shape index (κ3) is 4.73. The molecule has 0 aliphatic carbocycles. The fraction of sp³-hybridized carbons (Fsp3) is 0.211. The van der Waals surface area contributed by atoms with Crippen molar-refractivity contribution in [1.82, 2.24) is 15.0 Å². The molecule has 2 heterocycles. The average molecular weight is 391 g/mol. The van der Waals surface area contributed by atoms with Gasteiger partial charge >= 0.3 is 6.18 Å². The Morgan fingerprint density at radius 2 is 1.68 bits per heavy atom. The van der Waals surface area contributed by atoms with E-state index in [0.717, 1.165) is 12.3 Å². The van der Waals surface area contributed by atoms with Gasteiger partial charge in [-0.15, -0.1) is 0 Å². The zero-order valence-electron chi connectivity index (χ0n) is 15.0. The van der Waals surface area contributed by atoms with Crippen LogP contribution in [0.1, 0.15) is 19.5 Å². The van der Waals surface area contributed by atoms with Crippen LogP contribution in [0.4, 0.5) is 34.9 Å². The minimum Gasteiger partial charge on any atom is -0.368 e. The van der Waals surface area contributed by atoms with Crippen molar-refractivity contribution in [3.05, 3.63) is 60.2 Å². The summed E-state index contributed by atoms with van der Waals surface area (Å²) >= 11 is 0. The van der Waals surface area contributed by atoms with Gasteiger partial charge in [0.1, 0.15) is 23.1 Å². The summed E-state index contributed by atoms with van der Waals surface area (Å²) in [5.41, 5.74) is -0.693. The van der Waals surface area contributed by atoms with Gasteiger partial charge in [-0.3, -0.25) is 4.98 Å². The van der Waals surface area contributed by atoms with E-state index >= 15 is 0 Å². The van der Waals surface area contributed by atoms with Crippen molar-refractivity contribution in [2.24, 2.45) is 0 Å². The number of hydrogen-bond donors (Lipinski definition) is 2. The second-order valence-corrected chi connectivity index (χ2v) is 6.29. The van der Waals surface area contributed by atoms with Crippen LogP contribution >= 0.6 is 0 Å². The molecular weight excluding hydrogens is 374 g/mol. The lowest BCUT2D eigenvalue weighted by Crippen LogP contribution is -2.12. The van der Waals surface area contributed by atoms with Crippen molar-refractivity contribution in [2.45, 2.75) is 26.1 Å². The molecule has 0 aliphatic rings. The van der Waals surface area contributed by atoms with E-state index in [1.54, 1.807) is 12.1 Å². The smallest absolute Gasteiger partial charge is 0.368 e. The number of aromatic nitrogens is 3. The molecule has 146 valence electrons. The van der Waals surface area contributed by atoms with Gasteiger partial charge in [0.05, 0.1) is 5.56 Å². The fourth-order valence-corrected chi connectivity index (χ4v) is 2.46. The molecule has 0 amide bonds. The monoisotopic (exact) mass is 391 g/mol. The lowest BCUT2D eigenvalue weighted by atomic mass is 10.2. The molecule has 28 heavy (non-hydrogen) atoms. The Balaban J connectivity index is 2.01. The summed E-state index contributed by atoms with van der Waals surface area (Å²) in [5.74, 6) is 0.237. The number of nitrogens with one attached hydrogen (secondary N) is 2. The molecular formula is C19H17F4N5. The standard InChI is InChI=1S/C19H17F4N5/c1-11(2)25-16-10-17(26-12-7-8-24-15(9-12)19(21,22)23)28-18(27-16)13-5-3-4-6-14(13)20/h3-11H,1-2H3,(H2,24,25,26,27,28). The van der Waals surface area contributed by atoms with Crippen LogP contribution in [0.15, 0.2) is 48.7 Å². The lowest BCUT2D eigenvalue weighted by Gasteiger charge is -2.14. The van der Waals surface area contributed by atoms with Crippen LogP contribution in [0.5, 0.6) is 0 Å². The van der Waals surface area contributed by atoms with Crippen molar-refractivity contribution in [2.75, 3.05) is 10.6 Å². The Labute approximate surface area is 158 Å². The van der Waals surface area contributed by atoms with Crippen molar-refractivity contribution in [1.29, 1.82) is 0 Å². The Kier molecular flexibility index (Phi) is 5.43. The quantitative estimate of drug-likeness (QED) is 0.581. The maximum atomic E-state index is 14.2. The first-order valence-electron chi connectivity index (χ1n) is 8.43. The van der Waals surface area contributed by atoms with Crippen LogP contribution < -0.4 is 10.6 Å². The highest BCUT2D eigenvalue weighted by molar-refractivity contribution is 5.65. The zero-order chi connectivity index (χ0) is 20.3. The Morgan fingerprint density at radius 3 is 2.36 bits per heavy atom. The molecule has 1 aromatic carbocycles. The molecule has 3 rings (SSSR count). The number of alkyl halides is 3. The molecule has 0 spiro atoms. The van der Waals surface area contributed by atoms with E-state index in [1.807, 2.05) is 13.8 Å².